The molecular formula is C32H34F5N3O4. The van der Waals surface area contributed by atoms with Crippen molar-refractivity contribution in [2.24, 2.45) is 5.92 Å². The number of likely N-dealkylation sites (tertiary alicyclic amines) is 1. The van der Waals surface area contributed by atoms with Gasteiger partial charge in [0.15, 0.2) is 0 Å². The van der Waals surface area contributed by atoms with Gasteiger partial charge < -0.3 is 19.4 Å². The summed E-state index contributed by atoms with van der Waals surface area (Å²) < 4.78 is 73.8. The van der Waals surface area contributed by atoms with E-state index < -0.39 is 41.9 Å². The van der Waals surface area contributed by atoms with Gasteiger partial charge in [-0.2, -0.15) is 13.2 Å². The van der Waals surface area contributed by atoms with Crippen LogP contribution in [0.3, 0.4) is 0 Å². The number of carbonyl (C=O) groups excluding carboxylic acids is 2. The molecule has 3 aromatic carbocycles. The highest BCUT2D eigenvalue weighted by Crippen LogP contribution is 2.26. The number of hydrogen-bond acceptors (Lipinski definition) is 5. The van der Waals surface area contributed by atoms with E-state index in [1.807, 2.05) is 18.2 Å². The number of amides is 2. The summed E-state index contributed by atoms with van der Waals surface area (Å²) in [4.78, 5) is 33.2. The van der Waals surface area contributed by atoms with Crippen LogP contribution in [0.15, 0.2) is 72.8 Å². The molecule has 0 aliphatic carbocycles. The quantitative estimate of drug-likeness (QED) is 0.185. The van der Waals surface area contributed by atoms with Crippen LogP contribution in [0.25, 0.3) is 0 Å². The Hall–Kier alpha value is -4.19. The van der Waals surface area contributed by atoms with E-state index in [0.717, 1.165) is 55.5 Å². The molecule has 1 aliphatic heterocycles. The fraction of sp³-hybridized carbons (Fsp3) is 0.375. The third-order valence-corrected chi connectivity index (χ3v) is 7.54. The highest BCUT2D eigenvalue weighted by Gasteiger charge is 2.44. The van der Waals surface area contributed by atoms with Crippen molar-refractivity contribution in [3.8, 4) is 5.75 Å². The SMILES string of the molecule is COc1ccc(N(OC(=O)C(F)(F)F)C(=O)N(CCCN2CCC(Cc3ccccc3)CC2)Cc2c(F)cccc2F)cc1. The third kappa shape index (κ3) is 8.91. The van der Waals surface area contributed by atoms with E-state index in [1.54, 1.807) is 0 Å². The van der Waals surface area contributed by atoms with Gasteiger partial charge in [-0.25, -0.2) is 18.4 Å². The largest absolute Gasteiger partial charge is 0.497 e. The summed E-state index contributed by atoms with van der Waals surface area (Å²) in [5.74, 6) is -3.60. The Kier molecular flexibility index (Phi) is 11.2. The van der Waals surface area contributed by atoms with Crippen LogP contribution in [0, 0.1) is 17.6 Å². The topological polar surface area (TPSA) is 62.3 Å². The maximum Gasteiger partial charge on any atom is 0.493 e. The summed E-state index contributed by atoms with van der Waals surface area (Å²) in [7, 11) is 1.37. The number of piperidine rings is 1. The maximum atomic E-state index is 14.6. The Balaban J connectivity index is 1.48. The van der Waals surface area contributed by atoms with E-state index in [0.29, 0.717) is 24.6 Å². The number of hydrogen-bond donors (Lipinski definition) is 0. The molecule has 0 atom stereocenters. The first-order chi connectivity index (χ1) is 21.0. The van der Waals surface area contributed by atoms with Crippen molar-refractivity contribution in [3.05, 3.63) is 95.6 Å². The number of benzene rings is 3. The number of halogens is 5. The summed E-state index contributed by atoms with van der Waals surface area (Å²) >= 11 is 0. The molecular weight excluding hydrogens is 585 g/mol. The van der Waals surface area contributed by atoms with Gasteiger partial charge in [0, 0.05) is 12.1 Å². The number of urea groups is 1. The highest BCUT2D eigenvalue weighted by molar-refractivity contribution is 5.93. The number of carbonyl (C=O) groups is 2. The summed E-state index contributed by atoms with van der Waals surface area (Å²) in [5, 5.41) is 0.184. The molecule has 0 saturated carbocycles. The predicted molar refractivity (Wildman–Crippen MR) is 154 cm³/mol. The third-order valence-electron chi connectivity index (χ3n) is 7.54. The number of nitrogens with zero attached hydrogens (tertiary/aromatic N) is 3. The van der Waals surface area contributed by atoms with Crippen LogP contribution in [0.5, 0.6) is 5.75 Å². The second kappa shape index (κ2) is 15.0. The lowest BCUT2D eigenvalue weighted by molar-refractivity contribution is -0.200. The van der Waals surface area contributed by atoms with Crippen LogP contribution in [0.4, 0.5) is 32.4 Å². The zero-order valence-electron chi connectivity index (χ0n) is 24.2. The molecule has 0 radical (unpaired) electrons. The molecule has 1 saturated heterocycles. The van der Waals surface area contributed by atoms with Gasteiger partial charge in [-0.1, -0.05) is 36.4 Å². The number of rotatable bonds is 10. The zero-order chi connectivity index (χ0) is 31.7. The number of methoxy groups -OCH3 is 1. The Morgan fingerprint density at radius 2 is 1.55 bits per heavy atom. The van der Waals surface area contributed by atoms with Gasteiger partial charge in [-0.15, -0.1) is 5.06 Å². The van der Waals surface area contributed by atoms with Crippen LogP contribution in [-0.2, 0) is 22.6 Å². The minimum absolute atomic E-state index is 0.0766. The average molecular weight is 620 g/mol. The number of ether oxygens (including phenoxy) is 1. The van der Waals surface area contributed by atoms with Gasteiger partial charge >= 0.3 is 18.2 Å². The van der Waals surface area contributed by atoms with Crippen molar-refractivity contribution < 1.29 is 41.1 Å². The molecule has 0 N–H and O–H groups in total. The van der Waals surface area contributed by atoms with E-state index in [2.05, 4.69) is 21.9 Å². The molecule has 0 bridgehead atoms. The highest BCUT2D eigenvalue weighted by atomic mass is 19.4. The second-order valence-electron chi connectivity index (χ2n) is 10.6. The van der Waals surface area contributed by atoms with Crippen LogP contribution < -0.4 is 9.80 Å². The predicted octanol–water partition coefficient (Wildman–Crippen LogP) is 6.77. The first-order valence-corrected chi connectivity index (χ1v) is 14.3. The molecule has 12 heteroatoms. The van der Waals surface area contributed by atoms with Gasteiger partial charge in [0.25, 0.3) is 0 Å². The Morgan fingerprint density at radius 3 is 2.14 bits per heavy atom. The van der Waals surface area contributed by atoms with Crippen LogP contribution in [0.1, 0.15) is 30.4 Å². The fourth-order valence-corrected chi connectivity index (χ4v) is 5.15. The normalized spacial score (nSPS) is 14.2. The van der Waals surface area contributed by atoms with Crippen LogP contribution in [0.2, 0.25) is 0 Å². The van der Waals surface area contributed by atoms with E-state index in [9.17, 15) is 31.5 Å². The van der Waals surface area contributed by atoms with Gasteiger partial charge in [0.05, 0.1) is 19.3 Å². The average Bonchev–Trinajstić information content (AvgIpc) is 3.01. The molecule has 1 heterocycles. The summed E-state index contributed by atoms with van der Waals surface area (Å²) in [6.45, 7) is 1.52. The van der Waals surface area contributed by atoms with Gasteiger partial charge in [-0.3, -0.25) is 0 Å². The van der Waals surface area contributed by atoms with E-state index in [4.69, 9.17) is 4.74 Å². The molecule has 7 nitrogen and oxygen atoms in total. The van der Waals surface area contributed by atoms with Crippen LogP contribution in [-0.4, -0.2) is 61.3 Å². The minimum Gasteiger partial charge on any atom is -0.497 e. The molecule has 236 valence electrons. The van der Waals surface area contributed by atoms with Crippen molar-refractivity contribution in [3.63, 3.8) is 0 Å². The smallest absolute Gasteiger partial charge is 0.493 e. The van der Waals surface area contributed by atoms with E-state index >= 15 is 0 Å². The molecule has 1 fully saturated rings. The van der Waals surface area contributed by atoms with Crippen molar-refractivity contribution >= 4 is 17.7 Å². The molecule has 4 rings (SSSR count). The lowest BCUT2D eigenvalue weighted by Crippen LogP contribution is -2.47. The van der Waals surface area contributed by atoms with Gasteiger partial charge in [0.2, 0.25) is 0 Å². The minimum atomic E-state index is -5.40. The Labute approximate surface area is 252 Å². The number of anilines is 1. The number of alkyl halides is 3. The van der Waals surface area contributed by atoms with Crippen molar-refractivity contribution in [2.45, 2.75) is 38.4 Å². The molecule has 2 amide bonds. The summed E-state index contributed by atoms with van der Waals surface area (Å²) in [6, 6.07) is 17.4. The lowest BCUT2D eigenvalue weighted by atomic mass is 9.90. The first-order valence-electron chi connectivity index (χ1n) is 14.3. The first kappa shape index (κ1) is 32.7. The Morgan fingerprint density at radius 1 is 0.909 bits per heavy atom. The summed E-state index contributed by atoms with van der Waals surface area (Å²) in [5.41, 5.74) is 0.625. The molecule has 3 aromatic rings. The standard InChI is InChI=1S/C32H34F5N3O4/c1-43-26-13-11-25(12-14-26)40(44-30(41)32(35,36)37)31(42)39(22-27-28(33)9-5-10-29(27)34)18-6-17-38-19-15-24(16-20-38)21-23-7-3-2-4-8-23/h2-5,7-14,24H,6,15-22H2,1H3. The maximum absolute atomic E-state index is 14.6. The Bertz CT molecular complexity index is 1360. The second-order valence-corrected chi connectivity index (χ2v) is 10.6. The van der Waals surface area contributed by atoms with Gasteiger partial charge in [0.1, 0.15) is 17.4 Å². The van der Waals surface area contributed by atoms with Crippen molar-refractivity contribution in [2.75, 3.05) is 38.4 Å². The molecule has 0 spiro atoms. The molecule has 0 aromatic heterocycles. The van der Waals surface area contributed by atoms with E-state index in [-0.39, 0.29) is 17.3 Å². The monoisotopic (exact) mass is 619 g/mol. The number of hydroxylamine groups is 1. The summed E-state index contributed by atoms with van der Waals surface area (Å²) in [6.07, 6.45) is -2.09. The fourth-order valence-electron chi connectivity index (χ4n) is 5.15. The zero-order valence-corrected chi connectivity index (χ0v) is 24.2. The molecule has 1 aliphatic rings. The van der Waals surface area contributed by atoms with Gasteiger partial charge in [-0.05, 0) is 93.2 Å². The van der Waals surface area contributed by atoms with Crippen molar-refractivity contribution in [1.29, 1.82) is 0 Å². The lowest BCUT2D eigenvalue weighted by Gasteiger charge is -2.33. The van der Waals surface area contributed by atoms with Crippen LogP contribution >= 0.6 is 0 Å². The van der Waals surface area contributed by atoms with E-state index in [1.165, 1.54) is 36.9 Å². The molecule has 0 unspecified atom stereocenters. The molecule has 44 heavy (non-hydrogen) atoms. The van der Waals surface area contributed by atoms with Crippen molar-refractivity contribution in [1.82, 2.24) is 9.80 Å².